The van der Waals surface area contributed by atoms with Crippen molar-refractivity contribution in [3.05, 3.63) is 24.3 Å². The van der Waals surface area contributed by atoms with Crippen LogP contribution in [-0.4, -0.2) is 50.3 Å². The van der Waals surface area contributed by atoms with Crippen LogP contribution in [0.15, 0.2) is 29.2 Å². The predicted molar refractivity (Wildman–Crippen MR) is 71.7 cm³/mol. The Balaban J connectivity index is 2.20. The molecule has 0 unspecified atom stereocenters. The molecule has 0 radical (unpaired) electrons. The first-order valence-corrected chi connectivity index (χ1v) is 7.56. The zero-order valence-electron chi connectivity index (χ0n) is 10.5. The molecule has 1 aromatic rings. The van der Waals surface area contributed by atoms with Crippen molar-refractivity contribution in [1.82, 2.24) is 9.21 Å². The number of para-hydroxylation sites is 1. The molecule has 5 nitrogen and oxygen atoms in total. The molecule has 0 saturated carbocycles. The second-order valence-corrected chi connectivity index (χ2v) is 6.28. The minimum absolute atomic E-state index is 0.218. The Kier molecular flexibility index (Phi) is 3.89. The topological polar surface area (TPSA) is 66.6 Å². The summed E-state index contributed by atoms with van der Waals surface area (Å²) in [6.07, 6.45) is 0. The molecule has 0 bridgehead atoms. The van der Waals surface area contributed by atoms with Crippen molar-refractivity contribution in [3.63, 3.8) is 0 Å². The summed E-state index contributed by atoms with van der Waals surface area (Å²) in [5.74, 6) is 0. The molecule has 1 fully saturated rings. The first-order valence-electron chi connectivity index (χ1n) is 6.12. The van der Waals surface area contributed by atoms with Gasteiger partial charge in [-0.2, -0.15) is 4.31 Å². The second kappa shape index (κ2) is 5.26. The van der Waals surface area contributed by atoms with E-state index in [1.54, 1.807) is 24.3 Å². The number of hydrogen-bond donors (Lipinski definition) is 1. The van der Waals surface area contributed by atoms with Gasteiger partial charge in [0.15, 0.2) is 0 Å². The molecule has 1 aromatic carbocycles. The number of piperazine rings is 1. The molecule has 0 aromatic heterocycles. The lowest BCUT2D eigenvalue weighted by atomic mass is 10.3. The minimum atomic E-state index is -3.44. The van der Waals surface area contributed by atoms with Crippen molar-refractivity contribution in [2.24, 2.45) is 0 Å². The summed E-state index contributed by atoms with van der Waals surface area (Å²) >= 11 is 0. The fourth-order valence-corrected chi connectivity index (χ4v) is 3.68. The summed E-state index contributed by atoms with van der Waals surface area (Å²) in [4.78, 5) is 2.45. The molecule has 0 spiro atoms. The van der Waals surface area contributed by atoms with Gasteiger partial charge >= 0.3 is 0 Å². The quantitative estimate of drug-likeness (QED) is 0.816. The van der Waals surface area contributed by atoms with Crippen LogP contribution in [0.25, 0.3) is 0 Å². The number of rotatable bonds is 3. The third-order valence-electron chi connectivity index (χ3n) is 3.32. The van der Waals surface area contributed by atoms with Gasteiger partial charge in [-0.15, -0.1) is 0 Å². The maximum absolute atomic E-state index is 12.4. The highest BCUT2D eigenvalue weighted by atomic mass is 32.2. The number of nitrogen functional groups attached to an aromatic ring is 1. The van der Waals surface area contributed by atoms with E-state index in [1.165, 1.54) is 4.31 Å². The normalized spacial score (nSPS) is 18.9. The first-order chi connectivity index (χ1) is 8.55. The Bertz CT molecular complexity index is 508. The van der Waals surface area contributed by atoms with E-state index in [0.29, 0.717) is 18.8 Å². The van der Waals surface area contributed by atoms with Crippen molar-refractivity contribution in [1.29, 1.82) is 0 Å². The summed E-state index contributed by atoms with van der Waals surface area (Å²) in [7, 11) is -3.44. The monoisotopic (exact) mass is 269 g/mol. The third-order valence-corrected chi connectivity index (χ3v) is 5.29. The average molecular weight is 269 g/mol. The summed E-state index contributed by atoms with van der Waals surface area (Å²) < 4.78 is 26.4. The number of hydrogen-bond acceptors (Lipinski definition) is 4. The molecule has 1 heterocycles. The van der Waals surface area contributed by atoms with Crippen LogP contribution in [0.2, 0.25) is 0 Å². The predicted octanol–water partition coefficient (Wildman–Crippen LogP) is 0.595. The summed E-state index contributed by atoms with van der Waals surface area (Å²) in [5, 5.41) is 0. The summed E-state index contributed by atoms with van der Waals surface area (Å²) in [6, 6.07) is 6.63. The van der Waals surface area contributed by atoms with Gasteiger partial charge in [-0.1, -0.05) is 19.1 Å². The van der Waals surface area contributed by atoms with Gasteiger partial charge in [0.2, 0.25) is 10.0 Å². The van der Waals surface area contributed by atoms with E-state index in [4.69, 9.17) is 5.73 Å². The van der Waals surface area contributed by atoms with Gasteiger partial charge in [-0.3, -0.25) is 0 Å². The van der Waals surface area contributed by atoms with Crippen molar-refractivity contribution in [2.45, 2.75) is 11.8 Å². The Hall–Kier alpha value is -1.11. The first kappa shape index (κ1) is 13.3. The van der Waals surface area contributed by atoms with Crippen LogP contribution >= 0.6 is 0 Å². The Morgan fingerprint density at radius 2 is 1.78 bits per heavy atom. The van der Waals surface area contributed by atoms with Crippen LogP contribution in [0, 0.1) is 0 Å². The Morgan fingerprint density at radius 1 is 1.17 bits per heavy atom. The molecular weight excluding hydrogens is 250 g/mol. The van der Waals surface area contributed by atoms with E-state index in [9.17, 15) is 8.42 Å². The van der Waals surface area contributed by atoms with Gasteiger partial charge in [-0.25, -0.2) is 8.42 Å². The average Bonchev–Trinajstić information content (AvgIpc) is 2.39. The summed E-state index contributed by atoms with van der Waals surface area (Å²) in [5.41, 5.74) is 6.07. The lowest BCUT2D eigenvalue weighted by molar-refractivity contribution is 0.196. The smallest absolute Gasteiger partial charge is 0.245 e. The lowest BCUT2D eigenvalue weighted by Gasteiger charge is -2.33. The Morgan fingerprint density at radius 3 is 2.33 bits per heavy atom. The van der Waals surface area contributed by atoms with Gasteiger partial charge in [0.25, 0.3) is 0 Å². The fourth-order valence-electron chi connectivity index (χ4n) is 2.14. The number of nitrogens with two attached hydrogens (primary N) is 1. The van der Waals surface area contributed by atoms with Gasteiger partial charge in [-0.05, 0) is 18.7 Å². The van der Waals surface area contributed by atoms with Crippen molar-refractivity contribution in [3.8, 4) is 0 Å². The highest BCUT2D eigenvalue weighted by Crippen LogP contribution is 2.22. The van der Waals surface area contributed by atoms with Gasteiger partial charge < -0.3 is 10.6 Å². The molecule has 6 heteroatoms. The van der Waals surface area contributed by atoms with Crippen LogP contribution < -0.4 is 5.73 Å². The van der Waals surface area contributed by atoms with E-state index >= 15 is 0 Å². The molecule has 0 aliphatic carbocycles. The van der Waals surface area contributed by atoms with Crippen LogP contribution in [-0.2, 0) is 10.0 Å². The Labute approximate surface area is 108 Å². The van der Waals surface area contributed by atoms with E-state index in [2.05, 4.69) is 11.8 Å². The van der Waals surface area contributed by atoms with Gasteiger partial charge in [0, 0.05) is 26.2 Å². The van der Waals surface area contributed by atoms with E-state index in [0.717, 1.165) is 19.6 Å². The van der Waals surface area contributed by atoms with Crippen LogP contribution in [0.4, 0.5) is 5.69 Å². The van der Waals surface area contributed by atoms with E-state index in [1.807, 2.05) is 0 Å². The molecule has 1 saturated heterocycles. The van der Waals surface area contributed by atoms with Gasteiger partial charge in [0.1, 0.15) is 4.90 Å². The van der Waals surface area contributed by atoms with E-state index < -0.39 is 10.0 Å². The molecule has 100 valence electrons. The van der Waals surface area contributed by atoms with E-state index in [-0.39, 0.29) is 4.90 Å². The molecule has 1 aliphatic heterocycles. The molecule has 18 heavy (non-hydrogen) atoms. The van der Waals surface area contributed by atoms with Gasteiger partial charge in [0.05, 0.1) is 5.69 Å². The second-order valence-electron chi connectivity index (χ2n) is 4.38. The van der Waals surface area contributed by atoms with Crippen LogP contribution in [0.5, 0.6) is 0 Å². The molecule has 2 rings (SSSR count). The largest absolute Gasteiger partial charge is 0.398 e. The summed E-state index contributed by atoms with van der Waals surface area (Å²) in [6.45, 7) is 5.67. The van der Waals surface area contributed by atoms with Crippen LogP contribution in [0.3, 0.4) is 0 Å². The number of anilines is 1. The maximum atomic E-state index is 12.4. The SMILES string of the molecule is CCN1CCN(S(=O)(=O)c2ccccc2N)CC1. The van der Waals surface area contributed by atoms with Crippen molar-refractivity contribution < 1.29 is 8.42 Å². The lowest BCUT2D eigenvalue weighted by Crippen LogP contribution is -2.48. The number of benzene rings is 1. The molecular formula is C12H19N3O2S. The fraction of sp³-hybridized carbons (Fsp3) is 0.500. The molecule has 1 aliphatic rings. The van der Waals surface area contributed by atoms with Crippen LogP contribution in [0.1, 0.15) is 6.92 Å². The maximum Gasteiger partial charge on any atom is 0.245 e. The minimum Gasteiger partial charge on any atom is -0.398 e. The molecule has 0 atom stereocenters. The number of likely N-dealkylation sites (N-methyl/N-ethyl adjacent to an activating group) is 1. The van der Waals surface area contributed by atoms with Crippen molar-refractivity contribution in [2.75, 3.05) is 38.5 Å². The third kappa shape index (κ3) is 2.50. The zero-order valence-corrected chi connectivity index (χ0v) is 11.4. The number of sulfonamides is 1. The highest BCUT2D eigenvalue weighted by Gasteiger charge is 2.29. The highest BCUT2D eigenvalue weighted by molar-refractivity contribution is 7.89. The molecule has 0 amide bonds. The standard InChI is InChI=1S/C12H19N3O2S/c1-2-14-7-9-15(10-8-14)18(16,17)12-6-4-3-5-11(12)13/h3-6H,2,7-10,13H2,1H3. The van der Waals surface area contributed by atoms with Crippen molar-refractivity contribution >= 4 is 15.7 Å². The zero-order chi connectivity index (χ0) is 13.2. The molecule has 2 N–H and O–H groups in total. The number of nitrogens with zero attached hydrogens (tertiary/aromatic N) is 2.